The Balaban J connectivity index is 4.35. The molecule has 0 saturated heterocycles. The summed E-state index contributed by atoms with van der Waals surface area (Å²) in [6, 6.07) is 0. The third-order valence-electron chi connectivity index (χ3n) is 1.30. The highest BCUT2D eigenvalue weighted by Gasteiger charge is 2.09. The number of carbonyl (C=O) groups excluding carboxylic acids is 3. The van der Waals surface area contributed by atoms with Crippen LogP contribution in [0.15, 0.2) is 24.3 Å². The van der Waals surface area contributed by atoms with E-state index in [1.807, 2.05) is 0 Å². The Hall–Kier alpha value is -1.91. The fourth-order valence-corrected chi connectivity index (χ4v) is 0.651. The van der Waals surface area contributed by atoms with Gasteiger partial charge in [-0.3, -0.25) is 0 Å². The van der Waals surface area contributed by atoms with Crippen molar-refractivity contribution in [3.8, 4) is 0 Å². The van der Waals surface area contributed by atoms with Gasteiger partial charge >= 0.3 is 17.9 Å². The van der Waals surface area contributed by atoms with E-state index >= 15 is 0 Å². The van der Waals surface area contributed by atoms with Gasteiger partial charge in [0.15, 0.2) is 0 Å². The number of ether oxygens (including phenoxy) is 2. The summed E-state index contributed by atoms with van der Waals surface area (Å²) in [5, 5.41) is 0. The molecule has 0 rings (SSSR count). The topological polar surface area (TPSA) is 69.7 Å². The Morgan fingerprint density at radius 3 is 2.33 bits per heavy atom. The highest BCUT2D eigenvalue weighted by atomic mass is 16.6. The van der Waals surface area contributed by atoms with Crippen LogP contribution in [0, 0.1) is 0 Å². The van der Waals surface area contributed by atoms with E-state index in [-0.39, 0.29) is 12.2 Å². The molecule has 0 aromatic rings. The Kier molecular flexibility index (Phi) is 5.70. The zero-order valence-electron chi connectivity index (χ0n) is 8.61. The van der Waals surface area contributed by atoms with Crippen LogP contribution in [0.5, 0.6) is 0 Å². The first-order valence-electron chi connectivity index (χ1n) is 4.24. The average molecular weight is 212 g/mol. The van der Waals surface area contributed by atoms with Gasteiger partial charge in [0.2, 0.25) is 0 Å². The minimum atomic E-state index is -0.926. The Morgan fingerprint density at radius 1 is 1.27 bits per heavy atom. The highest BCUT2D eigenvalue weighted by molar-refractivity contribution is 6.00. The van der Waals surface area contributed by atoms with Gasteiger partial charge < -0.3 is 9.47 Å². The number of hydrogen-bond donors (Lipinski definition) is 0. The van der Waals surface area contributed by atoms with Gasteiger partial charge in [0, 0.05) is 17.7 Å². The minimum absolute atomic E-state index is 0.0683. The fourth-order valence-electron chi connectivity index (χ4n) is 0.651. The number of carbonyl (C=O) groups is 3. The smallest absolute Gasteiger partial charge is 0.339 e. The summed E-state index contributed by atoms with van der Waals surface area (Å²) in [4.78, 5) is 32.6. The van der Waals surface area contributed by atoms with E-state index < -0.39 is 17.9 Å². The standard InChI is InChI=1S/C10H12O5/c1-4-8(11)15-9(12)6-7(3)10(13)14-5-2/h4,6H,1,5H2,2-3H3/b7-6-. The van der Waals surface area contributed by atoms with E-state index in [0.29, 0.717) is 0 Å². The maximum absolute atomic E-state index is 11.0. The molecule has 0 aromatic carbocycles. The summed E-state index contributed by atoms with van der Waals surface area (Å²) in [5.41, 5.74) is 0.0683. The molecule has 0 radical (unpaired) electrons. The number of hydrogen-bond acceptors (Lipinski definition) is 5. The average Bonchev–Trinajstić information content (AvgIpc) is 2.17. The molecule has 15 heavy (non-hydrogen) atoms. The first-order chi connectivity index (χ1) is 7.01. The molecule has 0 heterocycles. The van der Waals surface area contributed by atoms with Crippen molar-refractivity contribution in [2.45, 2.75) is 13.8 Å². The normalized spacial score (nSPS) is 10.4. The van der Waals surface area contributed by atoms with Gasteiger partial charge in [0.25, 0.3) is 0 Å². The molecule has 5 heteroatoms. The SMILES string of the molecule is C=CC(=O)OC(=O)/C=C(/C)C(=O)OCC. The Bertz CT molecular complexity index is 314. The molecule has 0 aliphatic carbocycles. The second kappa shape index (κ2) is 6.53. The summed E-state index contributed by atoms with van der Waals surface area (Å²) < 4.78 is 8.83. The van der Waals surface area contributed by atoms with Crippen LogP contribution in [0.2, 0.25) is 0 Å². The highest BCUT2D eigenvalue weighted by Crippen LogP contribution is 1.97. The lowest BCUT2D eigenvalue weighted by Gasteiger charge is -2.00. The van der Waals surface area contributed by atoms with Crippen LogP contribution in [0.25, 0.3) is 0 Å². The molecule has 0 fully saturated rings. The Labute approximate surface area is 87.4 Å². The molecule has 0 aliphatic rings. The molecule has 5 nitrogen and oxygen atoms in total. The molecule has 0 atom stereocenters. The van der Waals surface area contributed by atoms with Gasteiger partial charge in [-0.15, -0.1) is 0 Å². The molecule has 0 spiro atoms. The quantitative estimate of drug-likeness (QED) is 0.390. The maximum atomic E-state index is 11.0. The third kappa shape index (κ3) is 5.41. The van der Waals surface area contributed by atoms with Crippen molar-refractivity contribution in [3.63, 3.8) is 0 Å². The monoisotopic (exact) mass is 212 g/mol. The van der Waals surface area contributed by atoms with Crippen molar-refractivity contribution in [3.05, 3.63) is 24.3 Å². The van der Waals surface area contributed by atoms with E-state index in [1.54, 1.807) is 6.92 Å². The first kappa shape index (κ1) is 13.1. The first-order valence-corrected chi connectivity index (χ1v) is 4.24. The van der Waals surface area contributed by atoms with E-state index in [9.17, 15) is 14.4 Å². The van der Waals surface area contributed by atoms with Gasteiger partial charge in [-0.25, -0.2) is 14.4 Å². The molecule has 0 saturated carbocycles. The molecule has 0 unspecified atom stereocenters. The zero-order valence-corrected chi connectivity index (χ0v) is 8.61. The van der Waals surface area contributed by atoms with Crippen LogP contribution in [-0.4, -0.2) is 24.5 Å². The van der Waals surface area contributed by atoms with Gasteiger partial charge in [0.05, 0.1) is 6.61 Å². The van der Waals surface area contributed by atoms with Crippen LogP contribution >= 0.6 is 0 Å². The van der Waals surface area contributed by atoms with Crippen molar-refractivity contribution in [2.24, 2.45) is 0 Å². The van der Waals surface area contributed by atoms with Gasteiger partial charge in [-0.05, 0) is 13.8 Å². The second-order valence-corrected chi connectivity index (χ2v) is 2.49. The van der Waals surface area contributed by atoms with E-state index in [4.69, 9.17) is 0 Å². The molecule has 0 aliphatic heterocycles. The molecule has 0 N–H and O–H groups in total. The fraction of sp³-hybridized carbons (Fsp3) is 0.300. The summed E-state index contributed by atoms with van der Waals surface area (Å²) in [6.07, 6.45) is 1.74. The maximum Gasteiger partial charge on any atom is 0.339 e. The summed E-state index contributed by atoms with van der Waals surface area (Å²) in [6.45, 7) is 6.36. The van der Waals surface area contributed by atoms with Crippen molar-refractivity contribution >= 4 is 17.9 Å². The van der Waals surface area contributed by atoms with Crippen molar-refractivity contribution < 1.29 is 23.9 Å². The largest absolute Gasteiger partial charge is 0.463 e. The lowest BCUT2D eigenvalue weighted by Crippen LogP contribution is -2.11. The summed E-state index contributed by atoms with van der Waals surface area (Å²) >= 11 is 0. The molecule has 0 aromatic heterocycles. The van der Waals surface area contributed by atoms with Gasteiger partial charge in [0.1, 0.15) is 0 Å². The van der Waals surface area contributed by atoms with Gasteiger partial charge in [-0.1, -0.05) is 6.58 Å². The molecule has 0 amide bonds. The molecular weight excluding hydrogens is 200 g/mol. The molecular formula is C10H12O5. The predicted octanol–water partition coefficient (Wildman–Crippen LogP) is 0.752. The second-order valence-electron chi connectivity index (χ2n) is 2.49. The molecule has 82 valence electrons. The predicted molar refractivity (Wildman–Crippen MR) is 51.7 cm³/mol. The van der Waals surface area contributed by atoms with Crippen LogP contribution in [0.3, 0.4) is 0 Å². The lowest BCUT2D eigenvalue weighted by atomic mass is 10.3. The van der Waals surface area contributed by atoms with Crippen molar-refractivity contribution in [2.75, 3.05) is 6.61 Å². The summed E-state index contributed by atoms with van der Waals surface area (Å²) in [7, 11) is 0. The van der Waals surface area contributed by atoms with Gasteiger partial charge in [-0.2, -0.15) is 0 Å². The lowest BCUT2D eigenvalue weighted by molar-refractivity contribution is -0.153. The van der Waals surface area contributed by atoms with Crippen molar-refractivity contribution in [1.82, 2.24) is 0 Å². The third-order valence-corrected chi connectivity index (χ3v) is 1.30. The zero-order chi connectivity index (χ0) is 11.8. The number of rotatable bonds is 4. The molecule has 0 bridgehead atoms. The van der Waals surface area contributed by atoms with Crippen LogP contribution in [-0.2, 0) is 23.9 Å². The number of esters is 3. The van der Waals surface area contributed by atoms with E-state index in [1.165, 1.54) is 6.92 Å². The van der Waals surface area contributed by atoms with E-state index in [2.05, 4.69) is 16.1 Å². The van der Waals surface area contributed by atoms with Crippen LogP contribution < -0.4 is 0 Å². The van der Waals surface area contributed by atoms with E-state index in [0.717, 1.165) is 12.2 Å². The van der Waals surface area contributed by atoms with Crippen molar-refractivity contribution in [1.29, 1.82) is 0 Å². The van der Waals surface area contributed by atoms with Crippen LogP contribution in [0.4, 0.5) is 0 Å². The van der Waals surface area contributed by atoms with Crippen LogP contribution in [0.1, 0.15) is 13.8 Å². The Morgan fingerprint density at radius 2 is 1.87 bits per heavy atom. The minimum Gasteiger partial charge on any atom is -0.463 e. The summed E-state index contributed by atoms with van der Waals surface area (Å²) in [5.74, 6) is -2.42.